The largest absolute Gasteiger partial charge is 0.309 e. The predicted octanol–water partition coefficient (Wildman–Crippen LogP) is 17.7. The summed E-state index contributed by atoms with van der Waals surface area (Å²) in [5, 5.41) is 17.6. The zero-order chi connectivity index (χ0) is 48.5. The highest BCUT2D eigenvalue weighted by Crippen LogP contribution is 2.48. The summed E-state index contributed by atoms with van der Waals surface area (Å²) in [6.07, 6.45) is 0. The smallest absolute Gasteiger partial charge is 0.0998 e. The van der Waals surface area contributed by atoms with E-state index in [1.165, 1.54) is 82.3 Å². The van der Waals surface area contributed by atoms with Crippen molar-refractivity contribution in [2.75, 3.05) is 0 Å². The van der Waals surface area contributed by atoms with Gasteiger partial charge in [0.05, 0.1) is 44.7 Å². The molecule has 0 aliphatic rings. The molecule has 0 aliphatic heterocycles. The third-order valence-corrected chi connectivity index (χ3v) is 14.6. The molecule has 11 rings (SSSR count). The summed E-state index contributed by atoms with van der Waals surface area (Å²) in [4.78, 5) is 0. The molecule has 0 unspecified atom stereocenters. The van der Waals surface area contributed by atoms with Crippen molar-refractivity contribution in [1.29, 1.82) is 5.26 Å². The van der Waals surface area contributed by atoms with Crippen molar-refractivity contribution >= 4 is 65.4 Å². The van der Waals surface area contributed by atoms with Gasteiger partial charge in [-0.2, -0.15) is 5.26 Å². The van der Waals surface area contributed by atoms with E-state index >= 15 is 0 Å². The molecule has 8 aromatic carbocycles. The number of benzene rings is 8. The monoisotopic (exact) mass is 898 g/mol. The van der Waals surface area contributed by atoms with E-state index in [0.717, 1.165) is 33.5 Å². The Morgan fingerprint density at radius 1 is 0.348 bits per heavy atom. The fourth-order valence-corrected chi connectivity index (χ4v) is 10.7. The number of nitrogens with zero attached hydrogens (tertiary/aromatic N) is 4. The molecular weight excluding hydrogens is 837 g/mol. The molecule has 3 aromatic heterocycles. The Morgan fingerprint density at radius 3 is 1.19 bits per heavy atom. The molecule has 0 atom stereocenters. The molecule has 0 N–H and O–H groups in total. The van der Waals surface area contributed by atoms with Gasteiger partial charge in [0.1, 0.15) is 0 Å². The Labute approximate surface area is 407 Å². The molecule has 4 nitrogen and oxygen atoms in total. The van der Waals surface area contributed by atoms with Crippen LogP contribution in [0.4, 0.5) is 0 Å². The number of rotatable bonds is 4. The summed E-state index contributed by atoms with van der Waals surface area (Å²) in [6, 6.07) is 61.0. The average molecular weight is 899 g/mol. The maximum Gasteiger partial charge on any atom is 0.0998 e. The van der Waals surface area contributed by atoms with Gasteiger partial charge in [0.25, 0.3) is 0 Å². The average Bonchev–Trinajstić information content (AvgIpc) is 3.96. The number of fused-ring (bicyclic) bond motifs is 11. The second-order valence-electron chi connectivity index (χ2n) is 23.5. The van der Waals surface area contributed by atoms with Gasteiger partial charge in [-0.1, -0.05) is 174 Å². The lowest BCUT2D eigenvalue weighted by atomic mass is 9.80. The first-order valence-corrected chi connectivity index (χ1v) is 24.6. The number of nitriles is 1. The number of hydrogen-bond acceptors (Lipinski definition) is 1. The van der Waals surface area contributed by atoms with E-state index in [4.69, 9.17) is 0 Å². The first-order valence-electron chi connectivity index (χ1n) is 24.6. The normalized spacial score (nSPS) is 12.9. The highest BCUT2D eigenvalue weighted by Gasteiger charge is 2.29. The van der Waals surface area contributed by atoms with Crippen molar-refractivity contribution in [3.05, 3.63) is 186 Å². The molecule has 342 valence electrons. The Kier molecular flexibility index (Phi) is 9.81. The lowest BCUT2D eigenvalue weighted by Crippen LogP contribution is -2.17. The van der Waals surface area contributed by atoms with Crippen molar-refractivity contribution in [3.8, 4) is 34.3 Å². The minimum Gasteiger partial charge on any atom is -0.309 e. The first kappa shape index (κ1) is 44.2. The second kappa shape index (κ2) is 15.3. The molecule has 0 radical (unpaired) electrons. The second-order valence-corrected chi connectivity index (χ2v) is 23.5. The minimum absolute atomic E-state index is 0.0390. The molecule has 0 saturated carbocycles. The van der Waals surface area contributed by atoms with E-state index in [9.17, 15) is 5.26 Å². The Bertz CT molecular complexity index is 3860. The molecule has 11 aromatic rings. The lowest BCUT2D eigenvalue weighted by molar-refractivity contribution is 0.567. The zero-order valence-electron chi connectivity index (χ0n) is 42.3. The van der Waals surface area contributed by atoms with Crippen LogP contribution < -0.4 is 0 Å². The number of hydrogen-bond donors (Lipinski definition) is 0. The van der Waals surface area contributed by atoms with Gasteiger partial charge in [0, 0.05) is 54.9 Å². The number of para-hydroxylation sites is 2. The van der Waals surface area contributed by atoms with Crippen LogP contribution in [0.1, 0.15) is 111 Å². The van der Waals surface area contributed by atoms with E-state index in [0.29, 0.717) is 5.56 Å². The third kappa shape index (κ3) is 7.08. The first-order chi connectivity index (χ1) is 32.7. The van der Waals surface area contributed by atoms with Gasteiger partial charge in [-0.15, -0.1) is 0 Å². The SMILES string of the molecule is CC(C)(C)c1cc(-n2c3ccccc3c3c2ccc2c4ccc5c(c6ccccc6n5-c5ccc(C#N)c(-c6ccccc6)c5)c4n(-c4cc(C(C)(C)C)cc(C(C)(C)C)c4)c23)cc(C(C)(C)C)c1. The van der Waals surface area contributed by atoms with Crippen molar-refractivity contribution in [2.24, 2.45) is 0 Å². The topological polar surface area (TPSA) is 38.6 Å². The molecular formula is C65H62N4. The van der Waals surface area contributed by atoms with Crippen LogP contribution in [0, 0.1) is 11.3 Å². The molecule has 0 aliphatic carbocycles. The van der Waals surface area contributed by atoms with Gasteiger partial charge in [0.15, 0.2) is 0 Å². The molecule has 0 saturated heterocycles. The van der Waals surface area contributed by atoms with E-state index in [2.05, 4.69) is 236 Å². The summed E-state index contributed by atoms with van der Waals surface area (Å²) < 4.78 is 7.56. The van der Waals surface area contributed by atoms with E-state index in [-0.39, 0.29) is 21.7 Å². The van der Waals surface area contributed by atoms with Crippen LogP contribution in [0.3, 0.4) is 0 Å². The minimum atomic E-state index is -0.0969. The van der Waals surface area contributed by atoms with Crippen LogP contribution in [-0.2, 0) is 21.7 Å². The van der Waals surface area contributed by atoms with Crippen molar-refractivity contribution < 1.29 is 0 Å². The Hall–Kier alpha value is -7.35. The summed E-state index contributed by atoms with van der Waals surface area (Å²) in [5.41, 5.74) is 18.0. The van der Waals surface area contributed by atoms with Crippen LogP contribution in [0.2, 0.25) is 0 Å². The van der Waals surface area contributed by atoms with Crippen LogP contribution in [0.15, 0.2) is 158 Å². The molecule has 4 heteroatoms. The van der Waals surface area contributed by atoms with Gasteiger partial charge in [-0.05, 0) is 116 Å². The highest BCUT2D eigenvalue weighted by atomic mass is 15.0. The Morgan fingerprint density at radius 2 is 0.754 bits per heavy atom. The fourth-order valence-electron chi connectivity index (χ4n) is 10.7. The van der Waals surface area contributed by atoms with Crippen LogP contribution >= 0.6 is 0 Å². The zero-order valence-corrected chi connectivity index (χ0v) is 42.3. The molecule has 0 spiro atoms. The molecule has 0 fully saturated rings. The third-order valence-electron chi connectivity index (χ3n) is 14.6. The summed E-state index contributed by atoms with van der Waals surface area (Å²) >= 11 is 0. The van der Waals surface area contributed by atoms with Crippen LogP contribution in [0.25, 0.3) is 93.6 Å². The van der Waals surface area contributed by atoms with E-state index < -0.39 is 0 Å². The van der Waals surface area contributed by atoms with Gasteiger partial charge < -0.3 is 13.7 Å². The van der Waals surface area contributed by atoms with E-state index in [1.54, 1.807) is 0 Å². The molecule has 0 amide bonds. The quantitative estimate of drug-likeness (QED) is 0.173. The summed E-state index contributed by atoms with van der Waals surface area (Å²) in [7, 11) is 0. The van der Waals surface area contributed by atoms with Crippen molar-refractivity contribution in [3.63, 3.8) is 0 Å². The maximum atomic E-state index is 10.3. The van der Waals surface area contributed by atoms with Gasteiger partial charge in [0.2, 0.25) is 0 Å². The van der Waals surface area contributed by atoms with E-state index in [1.807, 2.05) is 24.3 Å². The summed E-state index contributed by atoms with van der Waals surface area (Å²) in [6.45, 7) is 28.0. The Balaban J connectivity index is 1.35. The van der Waals surface area contributed by atoms with Crippen molar-refractivity contribution in [1.82, 2.24) is 13.7 Å². The fraction of sp³-hybridized carbons (Fsp3) is 0.246. The molecule has 69 heavy (non-hydrogen) atoms. The van der Waals surface area contributed by atoms with Gasteiger partial charge in [-0.25, -0.2) is 0 Å². The summed E-state index contributed by atoms with van der Waals surface area (Å²) in [5.74, 6) is 0. The van der Waals surface area contributed by atoms with Crippen molar-refractivity contribution in [2.45, 2.75) is 105 Å². The van der Waals surface area contributed by atoms with Crippen LogP contribution in [0.5, 0.6) is 0 Å². The highest BCUT2D eigenvalue weighted by molar-refractivity contribution is 6.31. The van der Waals surface area contributed by atoms with Gasteiger partial charge in [-0.3, -0.25) is 0 Å². The predicted molar refractivity (Wildman–Crippen MR) is 294 cm³/mol. The van der Waals surface area contributed by atoms with Gasteiger partial charge >= 0.3 is 0 Å². The molecule has 0 bridgehead atoms. The lowest BCUT2D eigenvalue weighted by Gasteiger charge is -2.27. The molecule has 3 heterocycles. The number of aromatic nitrogens is 3. The maximum absolute atomic E-state index is 10.3. The standard InChI is InChI=1S/C65H62N4/c1-62(2,3)42-32-43(63(4,5)6)35-47(34-42)68-55-25-19-17-23-52(55)59-57(68)31-29-50-49-28-30-56-58(60(49)69(61(50)59)48-36-44(64(7,8)9)33-45(37-48)65(10,11)12)51-22-16-18-24-54(51)67(56)46-27-26-41(39-66)53(38-46)40-20-14-13-15-21-40/h13-38H,1-12H3. The van der Waals surface area contributed by atoms with Crippen LogP contribution in [-0.4, -0.2) is 13.7 Å².